The second-order valence-corrected chi connectivity index (χ2v) is 18.0. The van der Waals surface area contributed by atoms with Crippen molar-refractivity contribution in [3.8, 4) is 0 Å². The van der Waals surface area contributed by atoms with E-state index in [1.807, 2.05) is 27.2 Å². The van der Waals surface area contributed by atoms with E-state index in [2.05, 4.69) is 13.5 Å². The zero-order valence-corrected chi connectivity index (χ0v) is 36.7. The van der Waals surface area contributed by atoms with Crippen molar-refractivity contribution >= 4 is 19.8 Å². The van der Waals surface area contributed by atoms with Crippen molar-refractivity contribution in [3.05, 3.63) is 12.7 Å². The van der Waals surface area contributed by atoms with E-state index in [1.54, 1.807) is 0 Å². The third-order valence-electron chi connectivity index (χ3n) is 9.94. The lowest BCUT2D eigenvalue weighted by molar-refractivity contribution is -0.870. The van der Waals surface area contributed by atoms with E-state index >= 15 is 0 Å². The molecule has 0 spiro atoms. The van der Waals surface area contributed by atoms with Crippen LogP contribution in [0.5, 0.6) is 0 Å². The molecule has 1 N–H and O–H groups in total. The van der Waals surface area contributed by atoms with Crippen LogP contribution in [0.25, 0.3) is 0 Å². The Kier molecular flexibility index (Phi) is 36.5. The zero-order valence-electron chi connectivity index (χ0n) is 35.8. The predicted octanol–water partition coefficient (Wildman–Crippen LogP) is 12.6. The Hall–Kier alpha value is -1.25. The third-order valence-corrected chi connectivity index (χ3v) is 10.9. The molecule has 320 valence electrons. The topological polar surface area (TPSA) is 108 Å². The lowest BCUT2D eigenvalue weighted by Gasteiger charge is -2.24. The Morgan fingerprint density at radius 3 is 1.39 bits per heavy atom. The SMILES string of the molecule is C=CCCCCCCCCCCCCCCCC(=O)OC[C@H](COP(=O)(O)OCC[N+](C)(C)C)OC(=O)CCCCCCCCCCCCCCCCC. The molecule has 0 aromatic carbocycles. The molecule has 0 aromatic rings. The van der Waals surface area contributed by atoms with Gasteiger partial charge >= 0.3 is 19.8 Å². The van der Waals surface area contributed by atoms with E-state index < -0.39 is 26.5 Å². The predicted molar refractivity (Wildman–Crippen MR) is 224 cm³/mol. The molecule has 0 radical (unpaired) electrons. The van der Waals surface area contributed by atoms with Gasteiger partial charge in [-0.15, -0.1) is 6.58 Å². The van der Waals surface area contributed by atoms with E-state index in [-0.39, 0.29) is 25.6 Å². The van der Waals surface area contributed by atoms with Crippen molar-refractivity contribution in [1.82, 2.24) is 0 Å². The molecule has 0 aromatic heterocycles. The highest BCUT2D eigenvalue weighted by atomic mass is 31.2. The fraction of sp³-hybridized carbons (Fsp3) is 0.909. The number of ether oxygens (including phenoxy) is 2. The minimum atomic E-state index is -4.37. The van der Waals surface area contributed by atoms with E-state index in [0.717, 1.165) is 38.5 Å². The van der Waals surface area contributed by atoms with Gasteiger partial charge in [0.25, 0.3) is 0 Å². The molecular formula is C44H87NO8P+. The zero-order chi connectivity index (χ0) is 40.0. The summed E-state index contributed by atoms with van der Waals surface area (Å²) in [5.41, 5.74) is 0. The van der Waals surface area contributed by atoms with Crippen molar-refractivity contribution in [2.24, 2.45) is 0 Å². The molecule has 0 aliphatic rings. The Morgan fingerprint density at radius 2 is 0.981 bits per heavy atom. The number of hydrogen-bond acceptors (Lipinski definition) is 7. The van der Waals surface area contributed by atoms with Crippen molar-refractivity contribution in [2.75, 3.05) is 47.5 Å². The molecule has 10 heteroatoms. The average Bonchev–Trinajstić information content (AvgIpc) is 3.12. The molecule has 1 unspecified atom stereocenters. The van der Waals surface area contributed by atoms with E-state index in [0.29, 0.717) is 23.9 Å². The quantitative estimate of drug-likeness (QED) is 0.0214. The highest BCUT2D eigenvalue weighted by Crippen LogP contribution is 2.43. The molecule has 0 saturated heterocycles. The number of carbonyl (C=O) groups is 2. The van der Waals surface area contributed by atoms with Gasteiger partial charge in [-0.25, -0.2) is 4.57 Å². The number of hydrogen-bond donors (Lipinski definition) is 1. The number of phosphoric ester groups is 1. The van der Waals surface area contributed by atoms with Gasteiger partial charge in [0.05, 0.1) is 27.7 Å². The lowest BCUT2D eigenvalue weighted by atomic mass is 10.0. The number of rotatable bonds is 42. The lowest BCUT2D eigenvalue weighted by Crippen LogP contribution is -2.37. The number of allylic oxidation sites excluding steroid dienone is 1. The maximum atomic E-state index is 12.7. The van der Waals surface area contributed by atoms with Gasteiger partial charge < -0.3 is 18.9 Å². The summed E-state index contributed by atoms with van der Waals surface area (Å²) in [5, 5.41) is 0. The van der Waals surface area contributed by atoms with Crippen molar-refractivity contribution in [1.29, 1.82) is 0 Å². The Balaban J connectivity index is 4.30. The summed E-state index contributed by atoms with van der Waals surface area (Å²) in [7, 11) is 1.49. The molecule has 0 amide bonds. The third kappa shape index (κ3) is 40.4. The van der Waals surface area contributed by atoms with Gasteiger partial charge in [-0.05, 0) is 25.7 Å². The Morgan fingerprint density at radius 1 is 0.593 bits per heavy atom. The van der Waals surface area contributed by atoms with Crippen LogP contribution in [0.4, 0.5) is 0 Å². The first-order valence-electron chi connectivity index (χ1n) is 22.4. The van der Waals surface area contributed by atoms with E-state index in [1.165, 1.54) is 141 Å². The summed E-state index contributed by atoms with van der Waals surface area (Å²) in [6, 6.07) is 0. The van der Waals surface area contributed by atoms with Gasteiger partial charge in [0.2, 0.25) is 0 Å². The number of esters is 2. The van der Waals surface area contributed by atoms with Gasteiger partial charge in [0.15, 0.2) is 6.10 Å². The van der Waals surface area contributed by atoms with Crippen LogP contribution in [0.2, 0.25) is 0 Å². The monoisotopic (exact) mass is 789 g/mol. The van der Waals surface area contributed by atoms with E-state index in [9.17, 15) is 19.0 Å². The van der Waals surface area contributed by atoms with Gasteiger partial charge in [-0.1, -0.05) is 174 Å². The smallest absolute Gasteiger partial charge is 0.462 e. The summed E-state index contributed by atoms with van der Waals surface area (Å²) in [6.45, 7) is 5.97. The molecule has 54 heavy (non-hydrogen) atoms. The van der Waals surface area contributed by atoms with Crippen LogP contribution in [0.3, 0.4) is 0 Å². The summed E-state index contributed by atoms with van der Waals surface area (Å²) >= 11 is 0. The summed E-state index contributed by atoms with van der Waals surface area (Å²) in [4.78, 5) is 35.4. The minimum absolute atomic E-state index is 0.0346. The highest BCUT2D eigenvalue weighted by molar-refractivity contribution is 7.47. The van der Waals surface area contributed by atoms with Gasteiger partial charge in [-0.2, -0.15) is 0 Å². The number of carbonyl (C=O) groups excluding carboxylic acids is 2. The minimum Gasteiger partial charge on any atom is -0.462 e. The molecule has 0 fully saturated rings. The molecule has 0 saturated carbocycles. The van der Waals surface area contributed by atoms with Crippen LogP contribution in [-0.4, -0.2) is 74.9 Å². The molecule has 0 heterocycles. The number of quaternary nitrogens is 1. The molecule has 2 atom stereocenters. The molecule has 0 aliphatic carbocycles. The first kappa shape index (κ1) is 52.8. The number of nitrogens with zero attached hydrogens (tertiary/aromatic N) is 1. The van der Waals surface area contributed by atoms with Crippen LogP contribution >= 0.6 is 7.82 Å². The first-order chi connectivity index (χ1) is 26.0. The maximum absolute atomic E-state index is 12.7. The summed E-state index contributed by atoms with van der Waals surface area (Å²) < 4.78 is 34.3. The first-order valence-corrected chi connectivity index (χ1v) is 23.9. The van der Waals surface area contributed by atoms with Crippen LogP contribution in [0.1, 0.15) is 206 Å². The highest BCUT2D eigenvalue weighted by Gasteiger charge is 2.27. The normalized spacial score (nSPS) is 13.4. The summed E-state index contributed by atoms with van der Waals surface area (Å²) in [6.07, 6.45) is 37.1. The Labute approximate surface area is 333 Å². The Bertz CT molecular complexity index is 925. The average molecular weight is 789 g/mol. The van der Waals surface area contributed by atoms with Crippen molar-refractivity contribution < 1.29 is 42.1 Å². The van der Waals surface area contributed by atoms with Crippen LogP contribution < -0.4 is 0 Å². The van der Waals surface area contributed by atoms with Crippen LogP contribution in [0.15, 0.2) is 12.7 Å². The maximum Gasteiger partial charge on any atom is 0.472 e. The largest absolute Gasteiger partial charge is 0.472 e. The van der Waals surface area contributed by atoms with E-state index in [4.69, 9.17) is 18.5 Å². The molecule has 9 nitrogen and oxygen atoms in total. The number of phosphoric acid groups is 1. The molecule has 0 aliphatic heterocycles. The summed E-state index contributed by atoms with van der Waals surface area (Å²) in [5.74, 6) is -0.790. The number of likely N-dealkylation sites (N-methyl/N-ethyl adjacent to an activating group) is 1. The standard InChI is InChI=1S/C44H86NO8P/c1-6-8-10-12-14-16-18-20-22-24-26-28-30-32-34-36-43(46)50-40-42(41-52-54(48,49)51-39-38-45(3,4)5)53-44(47)37-35-33-31-29-27-25-23-21-19-17-15-13-11-9-7-2/h6,42H,1,7-41H2,2-5H3/p+1/t42-/m1/s1. The van der Waals surface area contributed by atoms with Gasteiger partial charge in [0, 0.05) is 12.8 Å². The molecule has 0 bridgehead atoms. The molecule has 0 rings (SSSR count). The number of unbranched alkanes of at least 4 members (excludes halogenated alkanes) is 27. The fourth-order valence-corrected chi connectivity index (χ4v) is 7.15. The van der Waals surface area contributed by atoms with Gasteiger partial charge in [0.1, 0.15) is 19.8 Å². The second-order valence-electron chi connectivity index (χ2n) is 16.5. The van der Waals surface area contributed by atoms with Crippen LogP contribution in [-0.2, 0) is 32.7 Å². The van der Waals surface area contributed by atoms with Crippen molar-refractivity contribution in [3.63, 3.8) is 0 Å². The van der Waals surface area contributed by atoms with Crippen LogP contribution in [0, 0.1) is 0 Å². The second kappa shape index (κ2) is 37.3. The molecular weight excluding hydrogens is 701 g/mol. The van der Waals surface area contributed by atoms with Crippen molar-refractivity contribution in [2.45, 2.75) is 212 Å². The fourth-order valence-electron chi connectivity index (χ4n) is 6.41. The van der Waals surface area contributed by atoms with Gasteiger partial charge in [-0.3, -0.25) is 18.6 Å².